The van der Waals surface area contributed by atoms with E-state index >= 15 is 0 Å². The predicted octanol–water partition coefficient (Wildman–Crippen LogP) is 2.62. The number of anilines is 1. The monoisotopic (exact) mass is 403 g/mol. The average Bonchev–Trinajstić information content (AvgIpc) is 2.65. The van der Waals surface area contributed by atoms with Gasteiger partial charge in [0.1, 0.15) is 12.3 Å². The first-order valence-corrected chi connectivity index (χ1v) is 10.5. The summed E-state index contributed by atoms with van der Waals surface area (Å²) < 4.78 is 30.5. The van der Waals surface area contributed by atoms with Gasteiger partial charge in [-0.25, -0.2) is 13.8 Å². The van der Waals surface area contributed by atoms with E-state index < -0.39 is 15.9 Å². The highest BCUT2D eigenvalue weighted by Crippen LogP contribution is 2.21. The molecule has 0 spiro atoms. The van der Waals surface area contributed by atoms with Crippen molar-refractivity contribution < 1.29 is 17.9 Å². The molecule has 0 aliphatic heterocycles. The van der Waals surface area contributed by atoms with Crippen LogP contribution in [-0.2, 0) is 14.8 Å². The highest BCUT2D eigenvalue weighted by atomic mass is 32.2. The molecule has 2 aromatic rings. The Bertz CT molecular complexity index is 983. The van der Waals surface area contributed by atoms with Crippen LogP contribution in [0.3, 0.4) is 0 Å². The Balaban J connectivity index is 2.14. The number of hydrogen-bond acceptors (Lipinski definition) is 5. The van der Waals surface area contributed by atoms with Crippen molar-refractivity contribution in [1.29, 1.82) is 0 Å². The van der Waals surface area contributed by atoms with Crippen LogP contribution in [-0.4, -0.2) is 39.9 Å². The van der Waals surface area contributed by atoms with Gasteiger partial charge in [0.15, 0.2) is 0 Å². The molecule has 0 bridgehead atoms. The Hall–Kier alpha value is -2.87. The van der Waals surface area contributed by atoms with Gasteiger partial charge in [-0.3, -0.25) is 9.10 Å². The van der Waals surface area contributed by atoms with E-state index in [0.29, 0.717) is 11.4 Å². The lowest BCUT2D eigenvalue weighted by Gasteiger charge is -2.22. The maximum absolute atomic E-state index is 12.3. The summed E-state index contributed by atoms with van der Waals surface area (Å²) in [7, 11) is -2.05. The second-order valence-corrected chi connectivity index (χ2v) is 8.41. The van der Waals surface area contributed by atoms with Crippen LogP contribution in [0.15, 0.2) is 47.6 Å². The molecule has 7 nitrogen and oxygen atoms in total. The second kappa shape index (κ2) is 8.88. The van der Waals surface area contributed by atoms with Gasteiger partial charge >= 0.3 is 0 Å². The molecule has 8 heteroatoms. The standard InChI is InChI=1S/C20H25N3O4S/c1-14-6-9-18(12-15(14)2)23(28(5,25)26)13-20(24)22-21-16(3)17-7-10-19(27-4)11-8-17/h6-12H,13H2,1-5H3,(H,22,24)/b21-16-. The van der Waals surface area contributed by atoms with Crippen LogP contribution < -0.4 is 14.5 Å². The second-order valence-electron chi connectivity index (χ2n) is 6.50. The number of hydrogen-bond donors (Lipinski definition) is 1. The van der Waals surface area contributed by atoms with Crippen molar-refractivity contribution in [2.45, 2.75) is 20.8 Å². The highest BCUT2D eigenvalue weighted by molar-refractivity contribution is 7.92. The summed E-state index contributed by atoms with van der Waals surface area (Å²) in [6.45, 7) is 5.22. The van der Waals surface area contributed by atoms with E-state index in [2.05, 4.69) is 10.5 Å². The molecule has 0 saturated heterocycles. The van der Waals surface area contributed by atoms with Crippen LogP contribution >= 0.6 is 0 Å². The van der Waals surface area contributed by atoms with E-state index in [4.69, 9.17) is 4.74 Å². The Kier molecular flexibility index (Phi) is 6.80. The number of methoxy groups -OCH3 is 1. The van der Waals surface area contributed by atoms with Gasteiger partial charge < -0.3 is 4.74 Å². The third-order valence-electron chi connectivity index (χ3n) is 4.32. The van der Waals surface area contributed by atoms with Gasteiger partial charge in [-0.2, -0.15) is 5.10 Å². The molecule has 1 amide bonds. The summed E-state index contributed by atoms with van der Waals surface area (Å²) in [5.74, 6) is 0.189. The largest absolute Gasteiger partial charge is 0.497 e. The molecule has 150 valence electrons. The van der Waals surface area contributed by atoms with Gasteiger partial charge in [0.05, 0.1) is 24.8 Å². The normalized spacial score (nSPS) is 11.8. The number of carbonyl (C=O) groups excluding carboxylic acids is 1. The number of ether oxygens (including phenoxy) is 1. The van der Waals surface area contributed by atoms with Gasteiger partial charge in [-0.05, 0) is 73.9 Å². The summed E-state index contributed by atoms with van der Waals surface area (Å²) in [5, 5.41) is 4.07. The van der Waals surface area contributed by atoms with Crippen LogP contribution in [0.2, 0.25) is 0 Å². The number of carbonyl (C=O) groups is 1. The Morgan fingerprint density at radius 2 is 1.75 bits per heavy atom. The number of nitrogens with zero attached hydrogens (tertiary/aromatic N) is 2. The Morgan fingerprint density at radius 1 is 1.11 bits per heavy atom. The molecule has 0 saturated carbocycles. The zero-order valence-electron chi connectivity index (χ0n) is 16.7. The van der Waals surface area contributed by atoms with Crippen molar-refractivity contribution in [2.75, 3.05) is 24.2 Å². The molecule has 1 N–H and O–H groups in total. The molecule has 0 atom stereocenters. The molecule has 0 unspecified atom stereocenters. The molecule has 0 aliphatic rings. The van der Waals surface area contributed by atoms with Gasteiger partial charge in [0.25, 0.3) is 5.91 Å². The van der Waals surface area contributed by atoms with Gasteiger partial charge in [0.2, 0.25) is 10.0 Å². The fraction of sp³-hybridized carbons (Fsp3) is 0.300. The molecular weight excluding hydrogens is 378 g/mol. The minimum Gasteiger partial charge on any atom is -0.497 e. The summed E-state index contributed by atoms with van der Waals surface area (Å²) in [4.78, 5) is 12.3. The number of hydrazone groups is 1. The van der Waals surface area contributed by atoms with Crippen LogP contribution in [0, 0.1) is 13.8 Å². The first-order valence-electron chi connectivity index (χ1n) is 8.64. The maximum Gasteiger partial charge on any atom is 0.260 e. The van der Waals surface area contributed by atoms with E-state index in [9.17, 15) is 13.2 Å². The van der Waals surface area contributed by atoms with Crippen molar-refractivity contribution in [1.82, 2.24) is 5.43 Å². The minimum atomic E-state index is -3.63. The molecular formula is C20H25N3O4S. The SMILES string of the molecule is COc1ccc(/C(C)=N\NC(=O)CN(c2ccc(C)c(C)c2)S(C)(=O)=O)cc1. The molecule has 2 aromatic carbocycles. The van der Waals surface area contributed by atoms with Crippen molar-refractivity contribution in [2.24, 2.45) is 5.10 Å². The summed E-state index contributed by atoms with van der Waals surface area (Å²) >= 11 is 0. The van der Waals surface area contributed by atoms with E-state index in [-0.39, 0.29) is 6.54 Å². The first-order chi connectivity index (χ1) is 13.1. The van der Waals surface area contributed by atoms with E-state index in [1.165, 1.54) is 0 Å². The van der Waals surface area contributed by atoms with Gasteiger partial charge in [0, 0.05) is 0 Å². The predicted molar refractivity (Wildman–Crippen MR) is 111 cm³/mol. The zero-order valence-corrected chi connectivity index (χ0v) is 17.5. The summed E-state index contributed by atoms with van der Waals surface area (Å²) in [6.07, 6.45) is 1.07. The Morgan fingerprint density at radius 3 is 2.29 bits per heavy atom. The number of aryl methyl sites for hydroxylation is 2. The van der Waals surface area contributed by atoms with Crippen LogP contribution in [0.4, 0.5) is 5.69 Å². The number of amides is 1. The zero-order chi connectivity index (χ0) is 20.9. The lowest BCUT2D eigenvalue weighted by molar-refractivity contribution is -0.119. The van der Waals surface area contributed by atoms with E-state index in [0.717, 1.165) is 33.0 Å². The van der Waals surface area contributed by atoms with E-state index in [1.54, 1.807) is 38.3 Å². The van der Waals surface area contributed by atoms with Crippen molar-refractivity contribution in [3.05, 3.63) is 59.2 Å². The minimum absolute atomic E-state index is 0.360. The molecule has 0 radical (unpaired) electrons. The molecule has 0 aromatic heterocycles. The third kappa shape index (κ3) is 5.56. The number of benzene rings is 2. The number of sulfonamides is 1. The fourth-order valence-corrected chi connectivity index (χ4v) is 3.34. The summed E-state index contributed by atoms with van der Waals surface area (Å²) in [5.41, 5.74) is 6.25. The average molecular weight is 404 g/mol. The molecule has 0 heterocycles. The highest BCUT2D eigenvalue weighted by Gasteiger charge is 2.21. The molecule has 28 heavy (non-hydrogen) atoms. The van der Waals surface area contributed by atoms with Crippen LogP contribution in [0.25, 0.3) is 0 Å². The fourth-order valence-electron chi connectivity index (χ4n) is 2.49. The lowest BCUT2D eigenvalue weighted by atomic mass is 10.1. The molecule has 0 aliphatic carbocycles. The van der Waals surface area contributed by atoms with E-state index in [1.807, 2.05) is 32.0 Å². The topological polar surface area (TPSA) is 88.1 Å². The van der Waals surface area contributed by atoms with Crippen molar-refractivity contribution in [3.63, 3.8) is 0 Å². The first kappa shape index (κ1) is 21.4. The molecule has 2 rings (SSSR count). The number of nitrogens with one attached hydrogen (secondary N) is 1. The van der Waals surface area contributed by atoms with Crippen LogP contribution in [0.5, 0.6) is 5.75 Å². The van der Waals surface area contributed by atoms with Crippen molar-refractivity contribution >= 4 is 27.3 Å². The lowest BCUT2D eigenvalue weighted by Crippen LogP contribution is -2.39. The molecule has 0 fully saturated rings. The summed E-state index contributed by atoms with van der Waals surface area (Å²) in [6, 6.07) is 12.5. The maximum atomic E-state index is 12.3. The van der Waals surface area contributed by atoms with Crippen molar-refractivity contribution in [3.8, 4) is 5.75 Å². The number of rotatable bonds is 7. The Labute approximate surface area is 166 Å². The van der Waals surface area contributed by atoms with Gasteiger partial charge in [-0.15, -0.1) is 0 Å². The van der Waals surface area contributed by atoms with Crippen LogP contribution in [0.1, 0.15) is 23.6 Å². The smallest absolute Gasteiger partial charge is 0.260 e. The quantitative estimate of drug-likeness (QED) is 0.569. The van der Waals surface area contributed by atoms with Gasteiger partial charge in [-0.1, -0.05) is 6.07 Å². The third-order valence-corrected chi connectivity index (χ3v) is 5.46.